The number of rotatable bonds is 4. The van der Waals surface area contributed by atoms with Gasteiger partial charge < -0.3 is 19.9 Å². The summed E-state index contributed by atoms with van der Waals surface area (Å²) in [6, 6.07) is 11.3. The van der Waals surface area contributed by atoms with Crippen molar-refractivity contribution in [2.45, 2.75) is 57.7 Å². The van der Waals surface area contributed by atoms with Crippen molar-refractivity contribution in [2.24, 2.45) is 0 Å². The van der Waals surface area contributed by atoms with Crippen LogP contribution in [-0.2, 0) is 0 Å². The van der Waals surface area contributed by atoms with E-state index in [1.165, 1.54) is 12.8 Å². The van der Waals surface area contributed by atoms with Gasteiger partial charge >= 0.3 is 0 Å². The lowest BCUT2D eigenvalue weighted by atomic mass is 9.98. The number of aromatic nitrogens is 4. The second-order valence-electron chi connectivity index (χ2n) is 8.65. The van der Waals surface area contributed by atoms with Gasteiger partial charge in [0, 0.05) is 43.0 Å². The lowest BCUT2D eigenvalue weighted by Gasteiger charge is -2.36. The van der Waals surface area contributed by atoms with Crippen LogP contribution in [-0.4, -0.2) is 50.0 Å². The Kier molecular flexibility index (Phi) is 4.70. The van der Waals surface area contributed by atoms with Gasteiger partial charge in [-0.25, -0.2) is 4.98 Å². The van der Waals surface area contributed by atoms with Gasteiger partial charge in [0.05, 0.1) is 17.1 Å². The topological polar surface area (TPSA) is 79.1 Å². The van der Waals surface area contributed by atoms with Gasteiger partial charge in [0.25, 0.3) is 0 Å². The molecule has 0 radical (unpaired) electrons. The van der Waals surface area contributed by atoms with Gasteiger partial charge in [-0.3, -0.25) is 0 Å². The highest BCUT2D eigenvalue weighted by atomic mass is 16.3. The Labute approximate surface area is 176 Å². The molecule has 2 bridgehead atoms. The maximum Gasteiger partial charge on any atom is 0.151 e. The molecule has 4 heterocycles. The molecule has 0 amide bonds. The van der Waals surface area contributed by atoms with Crippen LogP contribution >= 0.6 is 0 Å². The highest BCUT2D eigenvalue weighted by Gasteiger charge is 2.35. The zero-order valence-electron chi connectivity index (χ0n) is 17.7. The minimum Gasteiger partial charge on any atom is -0.507 e. The maximum atomic E-state index is 10.6. The number of anilines is 1. The van der Waals surface area contributed by atoms with E-state index in [1.54, 1.807) is 6.07 Å². The van der Waals surface area contributed by atoms with Crippen molar-refractivity contribution in [3.8, 4) is 22.7 Å². The summed E-state index contributed by atoms with van der Waals surface area (Å²) >= 11 is 0. The number of hydrogen-bond donors (Lipinski definition) is 2. The van der Waals surface area contributed by atoms with Crippen molar-refractivity contribution in [1.82, 2.24) is 25.1 Å². The van der Waals surface area contributed by atoms with E-state index in [-0.39, 0.29) is 5.75 Å². The Hall–Kier alpha value is -2.93. The zero-order chi connectivity index (χ0) is 20.8. The lowest BCUT2D eigenvalue weighted by Crippen LogP contribution is -2.47. The number of benzene rings is 1. The predicted octanol–water partition coefficient (Wildman–Crippen LogP) is 3.37. The van der Waals surface area contributed by atoms with Gasteiger partial charge in [-0.05, 0) is 63.8 Å². The first-order chi connectivity index (χ1) is 14.5. The molecule has 3 aromatic rings. The van der Waals surface area contributed by atoms with Crippen LogP contribution in [0, 0.1) is 13.8 Å². The Morgan fingerprint density at radius 3 is 2.43 bits per heavy atom. The number of phenols is 1. The summed E-state index contributed by atoms with van der Waals surface area (Å²) in [4.78, 5) is 6.69. The fraction of sp³-hybridized carbons (Fsp3) is 0.435. The SMILES string of the molecule is Cc1cn(-c2ccc(-c3ccc(N(C)[C@H]4C[C@H]5CC[C@@H](C4)N5)nn3)c(O)c2)c(C)n1. The number of phenolic OH excluding ortho intramolecular Hbond substituents is 1. The molecule has 7 nitrogen and oxygen atoms in total. The molecular formula is C23H28N6O. The van der Waals surface area contributed by atoms with E-state index in [0.717, 1.165) is 35.9 Å². The summed E-state index contributed by atoms with van der Waals surface area (Å²) in [5.41, 5.74) is 3.16. The van der Waals surface area contributed by atoms with E-state index >= 15 is 0 Å². The van der Waals surface area contributed by atoms with Crippen LogP contribution < -0.4 is 10.2 Å². The number of aryl methyl sites for hydroxylation is 2. The third-order valence-corrected chi connectivity index (χ3v) is 6.55. The Morgan fingerprint density at radius 2 is 1.83 bits per heavy atom. The van der Waals surface area contributed by atoms with Crippen LogP contribution in [0.5, 0.6) is 5.75 Å². The number of piperidine rings is 1. The molecule has 1 aromatic carbocycles. The van der Waals surface area contributed by atoms with Gasteiger partial charge in [0.1, 0.15) is 11.6 Å². The molecule has 0 aliphatic carbocycles. The predicted molar refractivity (Wildman–Crippen MR) is 117 cm³/mol. The fourth-order valence-corrected chi connectivity index (χ4v) is 4.95. The quantitative estimate of drug-likeness (QED) is 0.694. The molecule has 2 aliphatic rings. The summed E-state index contributed by atoms with van der Waals surface area (Å²) in [6.45, 7) is 3.91. The normalized spacial score (nSPS) is 23.0. The van der Waals surface area contributed by atoms with Crippen molar-refractivity contribution in [1.29, 1.82) is 0 Å². The van der Waals surface area contributed by atoms with Gasteiger partial charge in [-0.1, -0.05) is 0 Å². The number of hydrogen-bond acceptors (Lipinski definition) is 6. The summed E-state index contributed by atoms with van der Waals surface area (Å²) < 4.78 is 1.97. The van der Waals surface area contributed by atoms with Gasteiger partial charge in [0.2, 0.25) is 0 Å². The van der Waals surface area contributed by atoms with Crippen molar-refractivity contribution in [2.75, 3.05) is 11.9 Å². The molecule has 2 fully saturated rings. The van der Waals surface area contributed by atoms with Gasteiger partial charge in [0.15, 0.2) is 5.82 Å². The van der Waals surface area contributed by atoms with Crippen molar-refractivity contribution >= 4 is 5.82 Å². The molecule has 0 spiro atoms. The third-order valence-electron chi connectivity index (χ3n) is 6.55. The molecule has 7 heteroatoms. The van der Waals surface area contributed by atoms with Crippen LogP contribution in [0.4, 0.5) is 5.82 Å². The molecule has 5 rings (SSSR count). The Bertz CT molecular complexity index is 1050. The van der Waals surface area contributed by atoms with E-state index in [0.29, 0.717) is 29.4 Å². The number of fused-ring (bicyclic) bond motifs is 2. The molecule has 2 aromatic heterocycles. The lowest BCUT2D eigenvalue weighted by molar-refractivity contribution is 0.353. The molecule has 156 valence electrons. The van der Waals surface area contributed by atoms with Gasteiger partial charge in [-0.15, -0.1) is 10.2 Å². The summed E-state index contributed by atoms with van der Waals surface area (Å²) in [6.07, 6.45) is 6.85. The van der Waals surface area contributed by atoms with E-state index in [2.05, 4.69) is 32.4 Å². The van der Waals surface area contributed by atoms with E-state index in [9.17, 15) is 5.11 Å². The first-order valence-electron chi connectivity index (χ1n) is 10.7. The molecule has 2 saturated heterocycles. The summed E-state index contributed by atoms with van der Waals surface area (Å²) in [7, 11) is 2.11. The van der Waals surface area contributed by atoms with Gasteiger partial charge in [-0.2, -0.15) is 0 Å². The van der Waals surface area contributed by atoms with E-state index in [1.807, 2.05) is 48.9 Å². The minimum absolute atomic E-state index is 0.184. The van der Waals surface area contributed by atoms with Crippen LogP contribution in [0.3, 0.4) is 0 Å². The highest BCUT2D eigenvalue weighted by Crippen LogP contribution is 2.33. The van der Waals surface area contributed by atoms with Crippen LogP contribution in [0.1, 0.15) is 37.2 Å². The first-order valence-corrected chi connectivity index (χ1v) is 10.7. The number of nitrogens with one attached hydrogen (secondary N) is 1. The highest BCUT2D eigenvalue weighted by molar-refractivity contribution is 5.69. The van der Waals surface area contributed by atoms with Crippen molar-refractivity contribution in [3.63, 3.8) is 0 Å². The molecule has 2 aliphatic heterocycles. The van der Waals surface area contributed by atoms with E-state index < -0.39 is 0 Å². The Morgan fingerprint density at radius 1 is 1.07 bits per heavy atom. The zero-order valence-corrected chi connectivity index (χ0v) is 17.7. The second-order valence-corrected chi connectivity index (χ2v) is 8.65. The molecular weight excluding hydrogens is 376 g/mol. The summed E-state index contributed by atoms with van der Waals surface area (Å²) in [5, 5.41) is 23.2. The summed E-state index contributed by atoms with van der Waals surface area (Å²) in [5.74, 6) is 1.95. The maximum absolute atomic E-state index is 10.6. The first kappa shape index (κ1) is 19.1. The van der Waals surface area contributed by atoms with Crippen LogP contribution in [0.25, 0.3) is 16.9 Å². The smallest absolute Gasteiger partial charge is 0.151 e. The van der Waals surface area contributed by atoms with Crippen LogP contribution in [0.15, 0.2) is 36.5 Å². The standard InChI is InChI=1S/C23H28N6O/c1-14-13-29(15(2)24-14)18-6-7-20(22(30)12-18)21-8-9-23(27-26-21)28(3)19-10-16-4-5-17(11-19)25-16/h6-9,12-13,16-17,19,25,30H,4-5,10-11H2,1-3H3/t16-,17+,19+. The minimum atomic E-state index is 0.184. The number of imidazole rings is 1. The molecule has 3 atom stereocenters. The molecule has 0 unspecified atom stereocenters. The molecule has 30 heavy (non-hydrogen) atoms. The number of nitrogens with zero attached hydrogens (tertiary/aromatic N) is 5. The average molecular weight is 405 g/mol. The monoisotopic (exact) mass is 404 g/mol. The van der Waals surface area contributed by atoms with E-state index in [4.69, 9.17) is 0 Å². The largest absolute Gasteiger partial charge is 0.507 e. The average Bonchev–Trinajstić information content (AvgIpc) is 3.27. The Balaban J connectivity index is 1.36. The van der Waals surface area contributed by atoms with Crippen molar-refractivity contribution < 1.29 is 5.11 Å². The molecule has 0 saturated carbocycles. The third kappa shape index (κ3) is 3.43. The van der Waals surface area contributed by atoms with Crippen LogP contribution in [0.2, 0.25) is 0 Å². The molecule has 2 N–H and O–H groups in total. The van der Waals surface area contributed by atoms with Crippen molar-refractivity contribution in [3.05, 3.63) is 48.0 Å². The second kappa shape index (κ2) is 7.40. The fourth-order valence-electron chi connectivity index (χ4n) is 4.95. The number of aromatic hydroxyl groups is 1.